The van der Waals surface area contributed by atoms with Crippen molar-refractivity contribution < 1.29 is 26.7 Å². The van der Waals surface area contributed by atoms with Gasteiger partial charge in [0.05, 0.1) is 28.1 Å². The Morgan fingerprint density at radius 2 is 2.06 bits per heavy atom. The fourth-order valence-corrected chi connectivity index (χ4v) is 5.78. The minimum absolute atomic E-state index is 0.00592. The third-order valence-electron chi connectivity index (χ3n) is 4.98. The van der Waals surface area contributed by atoms with Crippen LogP contribution in [0.25, 0.3) is 22.3 Å². The van der Waals surface area contributed by atoms with Crippen molar-refractivity contribution in [2.75, 3.05) is 11.5 Å². The number of benzene rings is 1. The number of aromatic nitrogens is 3. The Kier molecular flexibility index (Phi) is 5.16. The first-order valence-corrected chi connectivity index (χ1v) is 11.4. The van der Waals surface area contributed by atoms with Crippen LogP contribution in [0.1, 0.15) is 24.2 Å². The van der Waals surface area contributed by atoms with Gasteiger partial charge in [-0.3, -0.25) is 14.5 Å². The van der Waals surface area contributed by atoms with Gasteiger partial charge >= 0.3 is 6.61 Å². The molecule has 4 rings (SSSR count). The van der Waals surface area contributed by atoms with Gasteiger partial charge in [0.1, 0.15) is 17.0 Å². The molecule has 1 aromatic carbocycles. The van der Waals surface area contributed by atoms with E-state index in [1.54, 1.807) is 29.8 Å². The highest BCUT2D eigenvalue weighted by Crippen LogP contribution is 2.30. The van der Waals surface area contributed by atoms with Crippen LogP contribution in [-0.4, -0.2) is 52.7 Å². The lowest BCUT2D eigenvalue weighted by molar-refractivity contribution is -0.0498. The molecule has 11 heteroatoms. The fraction of sp³-hybridized carbons (Fsp3) is 0.350. The van der Waals surface area contributed by atoms with Gasteiger partial charge in [-0.25, -0.2) is 8.42 Å². The van der Waals surface area contributed by atoms with Gasteiger partial charge in [0.25, 0.3) is 5.91 Å². The predicted octanol–water partition coefficient (Wildman–Crippen LogP) is 2.64. The summed E-state index contributed by atoms with van der Waals surface area (Å²) >= 11 is 0. The molecule has 3 heterocycles. The van der Waals surface area contributed by atoms with Crippen molar-refractivity contribution in [1.29, 1.82) is 0 Å². The van der Waals surface area contributed by atoms with Crippen LogP contribution < -0.4 is 10.1 Å². The van der Waals surface area contributed by atoms with Crippen molar-refractivity contribution in [3.8, 4) is 17.0 Å². The number of hydrogen-bond acceptors (Lipinski definition) is 6. The summed E-state index contributed by atoms with van der Waals surface area (Å²) in [4.78, 5) is 17.1. The summed E-state index contributed by atoms with van der Waals surface area (Å²) in [6.07, 6.45) is 1.39. The number of sulfone groups is 1. The number of carbonyl (C=O) groups is 1. The molecule has 31 heavy (non-hydrogen) atoms. The highest BCUT2D eigenvalue weighted by Gasteiger charge is 2.45. The van der Waals surface area contributed by atoms with Crippen molar-refractivity contribution in [2.24, 2.45) is 0 Å². The maximum atomic E-state index is 12.7. The van der Waals surface area contributed by atoms with Crippen LogP contribution in [0.15, 0.2) is 36.5 Å². The van der Waals surface area contributed by atoms with E-state index in [1.807, 2.05) is 6.92 Å². The lowest BCUT2D eigenvalue weighted by Gasteiger charge is -2.38. The molecule has 1 saturated heterocycles. The zero-order valence-electron chi connectivity index (χ0n) is 16.8. The third-order valence-corrected chi connectivity index (χ3v) is 7.13. The van der Waals surface area contributed by atoms with Crippen molar-refractivity contribution in [2.45, 2.75) is 32.5 Å². The Hall–Kier alpha value is -3.08. The molecule has 0 saturated carbocycles. The molecule has 1 aliphatic rings. The van der Waals surface area contributed by atoms with Gasteiger partial charge in [0.15, 0.2) is 9.84 Å². The molecule has 0 atom stereocenters. The Morgan fingerprint density at radius 3 is 2.71 bits per heavy atom. The standard InChI is InChI=1S/C20H20F2N4O4S/c1-3-26-15-8-13(18(27)24-20(2)10-31(28,29)11-20)9-23-17(15)16(25-26)12-5-4-6-14(7-12)30-19(21)22/h4-9,19H,3,10-11H2,1-2H3,(H,24,27). The molecule has 0 radical (unpaired) electrons. The smallest absolute Gasteiger partial charge is 0.387 e. The maximum Gasteiger partial charge on any atom is 0.387 e. The minimum Gasteiger partial charge on any atom is -0.435 e. The number of amides is 1. The Labute approximate surface area is 177 Å². The number of nitrogens with zero attached hydrogens (tertiary/aromatic N) is 3. The lowest BCUT2D eigenvalue weighted by Crippen LogP contribution is -2.63. The number of pyridine rings is 1. The molecule has 2 aromatic heterocycles. The number of ether oxygens (including phenoxy) is 1. The number of nitrogens with one attached hydrogen (secondary N) is 1. The molecule has 1 aliphatic heterocycles. The van der Waals surface area contributed by atoms with E-state index in [1.165, 1.54) is 18.3 Å². The summed E-state index contributed by atoms with van der Waals surface area (Å²) in [6.45, 7) is 1.11. The summed E-state index contributed by atoms with van der Waals surface area (Å²) in [5.41, 5.74) is 1.59. The number of rotatable bonds is 6. The Bertz CT molecular complexity index is 1260. The van der Waals surface area contributed by atoms with Gasteiger partial charge in [-0.15, -0.1) is 0 Å². The predicted molar refractivity (Wildman–Crippen MR) is 110 cm³/mol. The van der Waals surface area contributed by atoms with Crippen molar-refractivity contribution in [3.05, 3.63) is 42.1 Å². The minimum atomic E-state index is -3.10. The van der Waals surface area contributed by atoms with Gasteiger partial charge in [0.2, 0.25) is 0 Å². The number of carbonyl (C=O) groups excluding carboxylic acids is 1. The van der Waals surface area contributed by atoms with Crippen molar-refractivity contribution in [1.82, 2.24) is 20.1 Å². The molecule has 0 unspecified atom stereocenters. The quantitative estimate of drug-likeness (QED) is 0.619. The molecular weight excluding hydrogens is 430 g/mol. The normalized spacial score (nSPS) is 16.8. The van der Waals surface area contributed by atoms with E-state index in [9.17, 15) is 22.0 Å². The molecule has 0 bridgehead atoms. The second kappa shape index (κ2) is 7.56. The topological polar surface area (TPSA) is 103 Å². The third kappa shape index (κ3) is 4.22. The maximum absolute atomic E-state index is 12.7. The van der Waals surface area contributed by atoms with Crippen LogP contribution in [0.4, 0.5) is 8.78 Å². The summed E-state index contributed by atoms with van der Waals surface area (Å²) in [5.74, 6) is -0.624. The van der Waals surface area contributed by atoms with E-state index in [-0.39, 0.29) is 22.8 Å². The SMILES string of the molecule is CCn1nc(-c2cccc(OC(F)F)c2)c2ncc(C(=O)NC3(C)CS(=O)(=O)C3)cc21. The average molecular weight is 450 g/mol. The molecule has 8 nitrogen and oxygen atoms in total. The van der Waals surface area contributed by atoms with Gasteiger partial charge in [0, 0.05) is 18.3 Å². The number of fused-ring (bicyclic) bond motifs is 1. The summed E-state index contributed by atoms with van der Waals surface area (Å²) < 4.78 is 54.2. The average Bonchev–Trinajstić information content (AvgIpc) is 3.03. The van der Waals surface area contributed by atoms with Crippen LogP contribution in [0.5, 0.6) is 5.75 Å². The van der Waals surface area contributed by atoms with Gasteiger partial charge < -0.3 is 10.1 Å². The number of halogens is 2. The van der Waals surface area contributed by atoms with Crippen LogP contribution in [0.2, 0.25) is 0 Å². The highest BCUT2D eigenvalue weighted by molar-refractivity contribution is 7.93. The molecule has 3 aromatic rings. The molecular formula is C20H20F2N4O4S. The van der Waals surface area contributed by atoms with E-state index in [4.69, 9.17) is 0 Å². The van der Waals surface area contributed by atoms with E-state index in [0.717, 1.165) is 0 Å². The fourth-order valence-electron chi connectivity index (χ4n) is 3.78. The van der Waals surface area contributed by atoms with Gasteiger partial charge in [-0.1, -0.05) is 12.1 Å². The lowest BCUT2D eigenvalue weighted by atomic mass is 10.1. The molecule has 1 N–H and O–H groups in total. The van der Waals surface area contributed by atoms with Crippen LogP contribution in [0.3, 0.4) is 0 Å². The number of alkyl halides is 2. The van der Waals surface area contributed by atoms with Gasteiger partial charge in [-0.05, 0) is 32.0 Å². The summed E-state index contributed by atoms with van der Waals surface area (Å²) in [5, 5.41) is 7.28. The monoisotopic (exact) mass is 450 g/mol. The first kappa shape index (κ1) is 21.2. The second-order valence-corrected chi connectivity index (χ2v) is 9.77. The van der Waals surface area contributed by atoms with Crippen molar-refractivity contribution >= 4 is 26.8 Å². The van der Waals surface area contributed by atoms with E-state index in [2.05, 4.69) is 20.1 Å². The second-order valence-electron chi connectivity index (χ2n) is 7.71. The molecule has 0 spiro atoms. The first-order chi connectivity index (χ1) is 14.6. The summed E-state index contributed by atoms with van der Waals surface area (Å²) in [6, 6.07) is 7.80. The first-order valence-electron chi connectivity index (χ1n) is 9.54. The molecule has 164 valence electrons. The molecule has 1 fully saturated rings. The van der Waals surface area contributed by atoms with Crippen LogP contribution in [0, 0.1) is 0 Å². The largest absolute Gasteiger partial charge is 0.435 e. The van der Waals surface area contributed by atoms with Crippen LogP contribution >= 0.6 is 0 Å². The Balaban J connectivity index is 1.68. The molecule has 0 aliphatic carbocycles. The number of hydrogen-bond donors (Lipinski definition) is 1. The van der Waals surface area contributed by atoms with Crippen molar-refractivity contribution in [3.63, 3.8) is 0 Å². The zero-order valence-corrected chi connectivity index (χ0v) is 17.6. The van der Waals surface area contributed by atoms with E-state index >= 15 is 0 Å². The van der Waals surface area contributed by atoms with Crippen LogP contribution in [-0.2, 0) is 16.4 Å². The summed E-state index contributed by atoms with van der Waals surface area (Å²) in [7, 11) is -3.10. The molecule has 1 amide bonds. The van der Waals surface area contributed by atoms with E-state index < -0.39 is 27.9 Å². The van der Waals surface area contributed by atoms with Gasteiger partial charge in [-0.2, -0.15) is 13.9 Å². The number of aryl methyl sites for hydroxylation is 1. The van der Waals surface area contributed by atoms with E-state index in [0.29, 0.717) is 28.8 Å². The zero-order chi connectivity index (χ0) is 22.4. The highest BCUT2D eigenvalue weighted by atomic mass is 32.2. The Morgan fingerprint density at radius 1 is 1.32 bits per heavy atom.